The van der Waals surface area contributed by atoms with Crippen molar-refractivity contribution in [2.24, 2.45) is 0 Å². The third-order valence-electron chi connectivity index (χ3n) is 2.79. The van der Waals surface area contributed by atoms with Gasteiger partial charge in [-0.1, -0.05) is 29.8 Å². The fourth-order valence-electron chi connectivity index (χ4n) is 1.68. The maximum atomic E-state index is 11.8. The lowest BCUT2D eigenvalue weighted by Gasteiger charge is -2.06. The Hall–Kier alpha value is -2.29. The second kappa shape index (κ2) is 6.05. The van der Waals surface area contributed by atoms with Gasteiger partial charge >= 0.3 is 5.97 Å². The molecule has 98 valence electrons. The first-order valence-electron chi connectivity index (χ1n) is 6.06. The predicted molar refractivity (Wildman–Crippen MR) is 73.3 cm³/mol. The molecule has 2 rings (SSSR count). The molecule has 0 aliphatic heterocycles. The van der Waals surface area contributed by atoms with Gasteiger partial charge in [0.25, 0.3) is 0 Å². The van der Waals surface area contributed by atoms with Crippen molar-refractivity contribution in [3.8, 4) is 5.75 Å². The highest BCUT2D eigenvalue weighted by Crippen LogP contribution is 2.14. The van der Waals surface area contributed by atoms with Gasteiger partial charge in [0.1, 0.15) is 12.4 Å². The molecule has 0 atom stereocenters. The molecular formula is C16H16O3. The molecule has 0 aliphatic carbocycles. The molecule has 0 amide bonds. The Labute approximate surface area is 112 Å². The first kappa shape index (κ1) is 13.1. The van der Waals surface area contributed by atoms with Gasteiger partial charge in [0, 0.05) is 0 Å². The fourth-order valence-corrected chi connectivity index (χ4v) is 1.68. The first-order chi connectivity index (χ1) is 9.19. The van der Waals surface area contributed by atoms with Crippen LogP contribution in [0.3, 0.4) is 0 Å². The molecule has 0 N–H and O–H groups in total. The van der Waals surface area contributed by atoms with Crippen molar-refractivity contribution in [3.63, 3.8) is 0 Å². The number of hydrogen-bond acceptors (Lipinski definition) is 3. The van der Waals surface area contributed by atoms with Gasteiger partial charge in [0.05, 0.1) is 12.7 Å². The number of aryl methyl sites for hydroxylation is 1. The molecule has 0 aromatic heterocycles. The molecular weight excluding hydrogens is 240 g/mol. The Morgan fingerprint density at radius 1 is 1.11 bits per heavy atom. The van der Waals surface area contributed by atoms with Gasteiger partial charge in [-0.25, -0.2) is 4.79 Å². The Morgan fingerprint density at radius 3 is 2.53 bits per heavy atom. The van der Waals surface area contributed by atoms with Crippen LogP contribution in [0.5, 0.6) is 5.75 Å². The highest BCUT2D eigenvalue weighted by molar-refractivity contribution is 5.89. The quantitative estimate of drug-likeness (QED) is 0.787. The molecule has 3 heteroatoms. The normalized spacial score (nSPS) is 10.0. The zero-order valence-electron chi connectivity index (χ0n) is 11.1. The Kier molecular flexibility index (Phi) is 4.18. The van der Waals surface area contributed by atoms with Crippen LogP contribution < -0.4 is 4.74 Å². The standard InChI is InChI=1S/C16H16O3/c1-12-6-8-14(9-7-12)16(17)19-11-13-4-3-5-15(10-13)18-2/h3-10H,11H2,1-2H3. The molecule has 0 bridgehead atoms. The summed E-state index contributed by atoms with van der Waals surface area (Å²) in [7, 11) is 1.61. The van der Waals surface area contributed by atoms with Crippen molar-refractivity contribution in [1.82, 2.24) is 0 Å². The summed E-state index contributed by atoms with van der Waals surface area (Å²) in [6.07, 6.45) is 0. The molecule has 0 heterocycles. The third-order valence-corrected chi connectivity index (χ3v) is 2.79. The van der Waals surface area contributed by atoms with Crippen LogP contribution >= 0.6 is 0 Å². The maximum Gasteiger partial charge on any atom is 0.338 e. The number of hydrogen-bond donors (Lipinski definition) is 0. The predicted octanol–water partition coefficient (Wildman–Crippen LogP) is 3.36. The van der Waals surface area contributed by atoms with E-state index in [4.69, 9.17) is 9.47 Å². The SMILES string of the molecule is COc1cccc(COC(=O)c2ccc(C)cc2)c1. The van der Waals surface area contributed by atoms with Gasteiger partial charge in [-0.2, -0.15) is 0 Å². The average Bonchev–Trinajstić information content (AvgIpc) is 2.46. The zero-order valence-corrected chi connectivity index (χ0v) is 11.1. The van der Waals surface area contributed by atoms with E-state index >= 15 is 0 Å². The molecule has 0 spiro atoms. The summed E-state index contributed by atoms with van der Waals surface area (Å²) in [6.45, 7) is 2.22. The van der Waals surface area contributed by atoms with Crippen LogP contribution in [0, 0.1) is 6.92 Å². The van der Waals surface area contributed by atoms with Crippen molar-refractivity contribution in [3.05, 3.63) is 65.2 Å². The molecule has 0 unspecified atom stereocenters. The van der Waals surface area contributed by atoms with E-state index < -0.39 is 0 Å². The van der Waals surface area contributed by atoms with Crippen LogP contribution in [0.15, 0.2) is 48.5 Å². The second-order valence-corrected chi connectivity index (χ2v) is 4.29. The topological polar surface area (TPSA) is 35.5 Å². The Morgan fingerprint density at radius 2 is 1.84 bits per heavy atom. The van der Waals surface area contributed by atoms with Gasteiger partial charge < -0.3 is 9.47 Å². The molecule has 0 saturated carbocycles. The van der Waals surface area contributed by atoms with Crippen molar-refractivity contribution >= 4 is 5.97 Å². The number of carbonyl (C=O) groups is 1. The summed E-state index contributed by atoms with van der Waals surface area (Å²) in [5.74, 6) is 0.437. The largest absolute Gasteiger partial charge is 0.497 e. The summed E-state index contributed by atoms with van der Waals surface area (Å²) < 4.78 is 10.4. The minimum Gasteiger partial charge on any atom is -0.497 e. The second-order valence-electron chi connectivity index (χ2n) is 4.29. The molecule has 19 heavy (non-hydrogen) atoms. The van der Waals surface area contributed by atoms with Crippen LogP contribution in [0.2, 0.25) is 0 Å². The fraction of sp³-hybridized carbons (Fsp3) is 0.188. The van der Waals surface area contributed by atoms with Crippen molar-refractivity contribution < 1.29 is 14.3 Å². The van der Waals surface area contributed by atoms with E-state index in [1.54, 1.807) is 19.2 Å². The number of benzene rings is 2. The Balaban J connectivity index is 1.98. The van der Waals surface area contributed by atoms with E-state index in [2.05, 4.69) is 0 Å². The van der Waals surface area contributed by atoms with E-state index in [9.17, 15) is 4.79 Å². The van der Waals surface area contributed by atoms with E-state index in [-0.39, 0.29) is 12.6 Å². The zero-order chi connectivity index (χ0) is 13.7. The maximum absolute atomic E-state index is 11.8. The highest BCUT2D eigenvalue weighted by Gasteiger charge is 2.07. The lowest BCUT2D eigenvalue weighted by atomic mass is 10.1. The molecule has 2 aromatic rings. The molecule has 2 aromatic carbocycles. The summed E-state index contributed by atoms with van der Waals surface area (Å²) in [4.78, 5) is 11.8. The minimum atomic E-state index is -0.317. The average molecular weight is 256 g/mol. The van der Waals surface area contributed by atoms with Crippen LogP contribution in [-0.4, -0.2) is 13.1 Å². The summed E-state index contributed by atoms with van der Waals surface area (Å²) in [6, 6.07) is 14.8. The first-order valence-corrected chi connectivity index (χ1v) is 6.06. The summed E-state index contributed by atoms with van der Waals surface area (Å²) in [5, 5.41) is 0. The van der Waals surface area contributed by atoms with E-state index in [0.717, 1.165) is 16.9 Å². The lowest BCUT2D eigenvalue weighted by Crippen LogP contribution is -2.05. The van der Waals surface area contributed by atoms with Crippen molar-refractivity contribution in [2.45, 2.75) is 13.5 Å². The van der Waals surface area contributed by atoms with E-state index in [0.29, 0.717) is 5.56 Å². The van der Waals surface area contributed by atoms with Crippen LogP contribution in [-0.2, 0) is 11.3 Å². The van der Waals surface area contributed by atoms with Crippen molar-refractivity contribution in [2.75, 3.05) is 7.11 Å². The number of esters is 1. The number of ether oxygens (including phenoxy) is 2. The van der Waals surface area contributed by atoms with Crippen LogP contribution in [0.25, 0.3) is 0 Å². The van der Waals surface area contributed by atoms with Crippen molar-refractivity contribution in [1.29, 1.82) is 0 Å². The lowest BCUT2D eigenvalue weighted by molar-refractivity contribution is 0.0472. The monoisotopic (exact) mass is 256 g/mol. The molecule has 3 nitrogen and oxygen atoms in total. The molecule has 0 aliphatic rings. The number of methoxy groups -OCH3 is 1. The van der Waals surface area contributed by atoms with E-state index in [1.807, 2.05) is 43.3 Å². The minimum absolute atomic E-state index is 0.240. The van der Waals surface area contributed by atoms with Crippen LogP contribution in [0.4, 0.5) is 0 Å². The summed E-state index contributed by atoms with van der Waals surface area (Å²) >= 11 is 0. The van der Waals surface area contributed by atoms with E-state index in [1.165, 1.54) is 0 Å². The molecule has 0 saturated heterocycles. The smallest absolute Gasteiger partial charge is 0.338 e. The molecule has 0 fully saturated rings. The third kappa shape index (κ3) is 3.58. The van der Waals surface area contributed by atoms with Gasteiger partial charge in [0.2, 0.25) is 0 Å². The van der Waals surface area contributed by atoms with Gasteiger partial charge in [-0.05, 0) is 36.8 Å². The number of rotatable bonds is 4. The van der Waals surface area contributed by atoms with Gasteiger partial charge in [0.15, 0.2) is 0 Å². The van der Waals surface area contributed by atoms with Gasteiger partial charge in [-0.15, -0.1) is 0 Å². The van der Waals surface area contributed by atoms with Gasteiger partial charge in [-0.3, -0.25) is 0 Å². The summed E-state index contributed by atoms with van der Waals surface area (Å²) in [5.41, 5.74) is 2.58. The Bertz CT molecular complexity index is 558. The molecule has 0 radical (unpaired) electrons. The van der Waals surface area contributed by atoms with Crippen LogP contribution in [0.1, 0.15) is 21.5 Å². The highest BCUT2D eigenvalue weighted by atomic mass is 16.5. The number of carbonyl (C=O) groups excluding carboxylic acids is 1.